The quantitative estimate of drug-likeness (QED) is 0.0611. The number of carbonyl (C=O) groups is 4. The van der Waals surface area contributed by atoms with Crippen LogP contribution in [0.2, 0.25) is 0 Å². The van der Waals surface area contributed by atoms with E-state index in [2.05, 4.69) is 26.3 Å². The number of benzene rings is 4. The van der Waals surface area contributed by atoms with E-state index >= 15 is 0 Å². The first-order valence-corrected chi connectivity index (χ1v) is 20.8. The van der Waals surface area contributed by atoms with E-state index in [4.69, 9.17) is 14.2 Å². The van der Waals surface area contributed by atoms with Crippen LogP contribution < -0.4 is 35.5 Å². The summed E-state index contributed by atoms with van der Waals surface area (Å²) in [5.41, 5.74) is 4.13. The number of aliphatic hydroxyl groups excluding tert-OH is 1. The average molecular weight is 846 g/mol. The number of nitrogens with one attached hydrogen (secondary N) is 4. The van der Waals surface area contributed by atoms with Crippen molar-refractivity contribution in [2.24, 2.45) is 17.8 Å². The normalized spacial score (nSPS) is 14.7. The van der Waals surface area contributed by atoms with Gasteiger partial charge in [-0.25, -0.2) is 0 Å². The predicted molar refractivity (Wildman–Crippen MR) is 244 cm³/mol. The van der Waals surface area contributed by atoms with Crippen molar-refractivity contribution in [3.05, 3.63) is 113 Å². The number of para-hydroxylation sites is 1. The van der Waals surface area contributed by atoms with E-state index in [0.29, 0.717) is 84.3 Å². The van der Waals surface area contributed by atoms with Crippen molar-refractivity contribution >= 4 is 51.6 Å². The monoisotopic (exact) mass is 845 g/mol. The van der Waals surface area contributed by atoms with Crippen molar-refractivity contribution in [2.75, 3.05) is 42.4 Å². The molecule has 0 unspecified atom stereocenters. The predicted octanol–water partition coefficient (Wildman–Crippen LogP) is 9.05. The molecular weight excluding hydrogens is 787 g/mol. The largest absolute Gasteiger partial charge is 0.491 e. The summed E-state index contributed by atoms with van der Waals surface area (Å²) in [6.45, 7) is 10.5. The van der Waals surface area contributed by atoms with Crippen molar-refractivity contribution in [1.82, 2.24) is 10.3 Å². The van der Waals surface area contributed by atoms with Crippen molar-refractivity contribution in [1.29, 1.82) is 0 Å². The molecule has 328 valence electrons. The maximum atomic E-state index is 13.8. The molecule has 13 nitrogen and oxygen atoms in total. The number of fused-ring (bicyclic) bond motifs is 1. The van der Waals surface area contributed by atoms with E-state index in [0.717, 1.165) is 16.5 Å². The van der Waals surface area contributed by atoms with Gasteiger partial charge in [-0.2, -0.15) is 0 Å². The molecular formula is C49H59N5O8. The van der Waals surface area contributed by atoms with Gasteiger partial charge in [-0.15, -0.1) is 0 Å². The Morgan fingerprint density at radius 3 is 1.81 bits per heavy atom. The Morgan fingerprint density at radius 1 is 0.677 bits per heavy atom. The number of aromatic nitrogens is 1. The molecule has 1 heterocycles. The van der Waals surface area contributed by atoms with E-state index in [1.54, 1.807) is 60.8 Å². The first-order chi connectivity index (χ1) is 29.4. The number of hydrogen-bond acceptors (Lipinski definition) is 9. The molecule has 62 heavy (non-hydrogen) atoms. The summed E-state index contributed by atoms with van der Waals surface area (Å²) in [5.74, 6) is 0.167. The summed E-state index contributed by atoms with van der Waals surface area (Å²) in [5, 5.41) is 22.1. The number of amides is 4. The van der Waals surface area contributed by atoms with Crippen molar-refractivity contribution in [3.63, 3.8) is 0 Å². The Balaban J connectivity index is 0.00000726. The number of nitrogens with zero attached hydrogens (tertiary/aromatic N) is 1. The molecule has 6 rings (SSSR count). The summed E-state index contributed by atoms with van der Waals surface area (Å²) in [7, 11) is 0. The number of ether oxygens (including phenoxy) is 3. The molecule has 1 saturated carbocycles. The molecule has 0 bridgehead atoms. The molecule has 1 aromatic heterocycles. The molecule has 1 aliphatic carbocycles. The highest BCUT2D eigenvalue weighted by Crippen LogP contribution is 2.32. The van der Waals surface area contributed by atoms with Crippen LogP contribution in [-0.2, 0) is 4.79 Å². The van der Waals surface area contributed by atoms with Crippen LogP contribution in [0.3, 0.4) is 0 Å². The van der Waals surface area contributed by atoms with Crippen LogP contribution in [0.5, 0.6) is 17.2 Å². The zero-order valence-electron chi connectivity index (χ0n) is 35.4. The summed E-state index contributed by atoms with van der Waals surface area (Å²) in [6.07, 6.45) is 4.26. The van der Waals surface area contributed by atoms with Gasteiger partial charge in [0, 0.05) is 34.0 Å². The Morgan fingerprint density at radius 2 is 1.23 bits per heavy atom. The van der Waals surface area contributed by atoms with Gasteiger partial charge < -0.3 is 40.6 Å². The lowest BCUT2D eigenvalue weighted by Crippen LogP contribution is -2.39. The number of hydrogen-bond donors (Lipinski definition) is 5. The minimum atomic E-state index is -0.444. The summed E-state index contributed by atoms with van der Waals surface area (Å²) in [6, 6.07) is 24.3. The summed E-state index contributed by atoms with van der Waals surface area (Å²) >= 11 is 0. The molecule has 13 heteroatoms. The van der Waals surface area contributed by atoms with E-state index in [9.17, 15) is 24.3 Å². The standard InChI is InChI=1S/C48H55N5O8.CH4/c1-29(2)27-60-43-24-35(46(56)50-37-16-12-32(13-17-37)45(55)51-38-22-33-8-6-7-9-39(33)49-26-38)14-18-40(43)53-48(58)36-15-19-41(44(25-36)61-28-30(3)4)52-47(57)34-11-10-31(5)42(23-34)59-21-20-54;/h6-11,14-15,18-19,22-26,29-30,32,37,54H,12-13,16-17,20-21,27-28H2,1-5H3,(H,50,56)(H,51,55)(H,52,57)(H,53,58);1H4. The number of aliphatic hydroxyl groups is 1. The second-order valence-corrected chi connectivity index (χ2v) is 16.2. The highest BCUT2D eigenvalue weighted by atomic mass is 16.5. The maximum absolute atomic E-state index is 13.8. The minimum absolute atomic E-state index is 0. The minimum Gasteiger partial charge on any atom is -0.491 e. The smallest absolute Gasteiger partial charge is 0.255 e. The number of pyridine rings is 1. The lowest BCUT2D eigenvalue weighted by atomic mass is 9.85. The maximum Gasteiger partial charge on any atom is 0.255 e. The topological polar surface area (TPSA) is 177 Å². The number of anilines is 3. The van der Waals surface area contributed by atoms with Gasteiger partial charge in [0.15, 0.2) is 0 Å². The third kappa shape index (κ3) is 12.5. The molecule has 4 amide bonds. The molecule has 4 aromatic carbocycles. The summed E-state index contributed by atoms with van der Waals surface area (Å²) < 4.78 is 17.8. The molecule has 0 saturated heterocycles. The van der Waals surface area contributed by atoms with Gasteiger partial charge >= 0.3 is 0 Å². The zero-order valence-corrected chi connectivity index (χ0v) is 35.4. The van der Waals surface area contributed by atoms with Gasteiger partial charge in [0.25, 0.3) is 17.7 Å². The second kappa shape index (κ2) is 21.9. The van der Waals surface area contributed by atoms with Gasteiger partial charge in [0.1, 0.15) is 23.9 Å². The van der Waals surface area contributed by atoms with Crippen LogP contribution >= 0.6 is 0 Å². The molecule has 5 aromatic rings. The Kier molecular flexibility index (Phi) is 16.4. The lowest BCUT2D eigenvalue weighted by molar-refractivity contribution is -0.120. The van der Waals surface area contributed by atoms with Crippen molar-refractivity contribution < 1.29 is 38.5 Å². The Bertz CT molecular complexity index is 2360. The molecule has 5 N–H and O–H groups in total. The Hall–Kier alpha value is -6.47. The van der Waals surface area contributed by atoms with Gasteiger partial charge in [0.2, 0.25) is 5.91 Å². The zero-order chi connectivity index (χ0) is 43.5. The number of aryl methyl sites for hydroxylation is 1. The van der Waals surface area contributed by atoms with Crippen LogP contribution in [0, 0.1) is 24.7 Å². The van der Waals surface area contributed by atoms with Crippen LogP contribution in [0.25, 0.3) is 10.9 Å². The van der Waals surface area contributed by atoms with Crippen molar-refractivity contribution in [2.45, 2.75) is 73.8 Å². The first-order valence-electron chi connectivity index (χ1n) is 20.8. The third-order valence-electron chi connectivity index (χ3n) is 10.2. The fraction of sp³-hybridized carbons (Fsp3) is 0.367. The molecule has 1 aliphatic rings. The van der Waals surface area contributed by atoms with Gasteiger partial charge in [-0.3, -0.25) is 24.2 Å². The molecule has 0 radical (unpaired) electrons. The summed E-state index contributed by atoms with van der Waals surface area (Å²) in [4.78, 5) is 58.2. The van der Waals surface area contributed by atoms with Crippen LogP contribution in [0.15, 0.2) is 91.1 Å². The lowest BCUT2D eigenvalue weighted by Gasteiger charge is -2.28. The number of rotatable bonds is 17. The van der Waals surface area contributed by atoms with E-state index in [1.807, 2.05) is 65.0 Å². The average Bonchev–Trinajstić information content (AvgIpc) is 3.25. The van der Waals surface area contributed by atoms with E-state index in [-0.39, 0.29) is 61.8 Å². The Labute approximate surface area is 364 Å². The van der Waals surface area contributed by atoms with E-state index in [1.165, 1.54) is 0 Å². The highest BCUT2D eigenvalue weighted by molar-refractivity contribution is 6.08. The van der Waals surface area contributed by atoms with Crippen LogP contribution in [0.1, 0.15) is 97.4 Å². The second-order valence-electron chi connectivity index (χ2n) is 16.2. The van der Waals surface area contributed by atoms with Crippen LogP contribution in [0.4, 0.5) is 17.1 Å². The SMILES string of the molecule is C.Cc1ccc(C(=O)Nc2ccc(C(=O)Nc3ccc(C(=O)NC4CCC(C(=O)Nc5cnc6ccccc6c5)CC4)cc3OCC(C)C)cc2OCC(C)C)cc1OCCO. The molecule has 0 atom stereocenters. The van der Waals surface area contributed by atoms with Gasteiger partial charge in [0.05, 0.1) is 48.6 Å². The molecule has 1 fully saturated rings. The van der Waals surface area contributed by atoms with Crippen molar-refractivity contribution in [3.8, 4) is 17.2 Å². The highest BCUT2D eigenvalue weighted by Gasteiger charge is 2.28. The third-order valence-corrected chi connectivity index (χ3v) is 10.2. The van der Waals surface area contributed by atoms with Gasteiger partial charge in [-0.05, 0) is 111 Å². The first kappa shape index (κ1) is 46.6. The number of carbonyl (C=O) groups excluding carboxylic acids is 4. The fourth-order valence-corrected chi connectivity index (χ4v) is 6.88. The molecule has 0 aliphatic heterocycles. The fourth-order valence-electron chi connectivity index (χ4n) is 6.88. The van der Waals surface area contributed by atoms with E-state index < -0.39 is 11.8 Å². The van der Waals surface area contributed by atoms with Gasteiger partial charge in [-0.1, -0.05) is 59.4 Å². The molecule has 0 spiro atoms. The van der Waals surface area contributed by atoms with Crippen LogP contribution in [-0.4, -0.2) is 66.2 Å².